The summed E-state index contributed by atoms with van der Waals surface area (Å²) in [6.45, 7) is 2.05. The van der Waals surface area contributed by atoms with Crippen molar-refractivity contribution in [3.63, 3.8) is 0 Å². The van der Waals surface area contributed by atoms with E-state index in [2.05, 4.69) is 15.6 Å². The number of hydrogen-bond acceptors (Lipinski definition) is 3. The van der Waals surface area contributed by atoms with Crippen molar-refractivity contribution in [1.82, 2.24) is 10.3 Å². The largest absolute Gasteiger partial charge is 0.348 e. The highest BCUT2D eigenvalue weighted by atomic mass is 19.2. The van der Waals surface area contributed by atoms with Crippen molar-refractivity contribution in [2.45, 2.75) is 13.5 Å². The monoisotopic (exact) mass is 353 g/mol. The van der Waals surface area contributed by atoms with Crippen LogP contribution in [0, 0.1) is 18.6 Å². The molecule has 0 unspecified atom stereocenters. The molecule has 0 atom stereocenters. The Hall–Kier alpha value is -3.28. The maximum atomic E-state index is 13.3. The van der Waals surface area contributed by atoms with Gasteiger partial charge in [0.25, 0.3) is 5.91 Å². The number of aryl methyl sites for hydroxylation is 1. The maximum absolute atomic E-state index is 13.3. The zero-order valence-electron chi connectivity index (χ0n) is 14.1. The Bertz CT molecular complexity index is 944. The Morgan fingerprint density at radius 2 is 1.88 bits per heavy atom. The average Bonchev–Trinajstić information content (AvgIpc) is 2.63. The van der Waals surface area contributed by atoms with E-state index in [9.17, 15) is 13.6 Å². The third kappa shape index (κ3) is 4.22. The van der Waals surface area contributed by atoms with Crippen LogP contribution >= 0.6 is 0 Å². The molecule has 26 heavy (non-hydrogen) atoms. The van der Waals surface area contributed by atoms with Gasteiger partial charge in [-0.1, -0.05) is 18.2 Å². The van der Waals surface area contributed by atoms with Crippen molar-refractivity contribution in [3.8, 4) is 0 Å². The number of halogens is 2. The zero-order valence-corrected chi connectivity index (χ0v) is 14.1. The van der Waals surface area contributed by atoms with Crippen molar-refractivity contribution < 1.29 is 13.6 Å². The first-order valence-electron chi connectivity index (χ1n) is 8.04. The molecule has 0 fully saturated rings. The van der Waals surface area contributed by atoms with Gasteiger partial charge in [-0.25, -0.2) is 13.8 Å². The van der Waals surface area contributed by atoms with Crippen molar-refractivity contribution in [2.75, 3.05) is 5.32 Å². The van der Waals surface area contributed by atoms with Crippen molar-refractivity contribution in [2.24, 2.45) is 0 Å². The lowest BCUT2D eigenvalue weighted by Crippen LogP contribution is -2.24. The van der Waals surface area contributed by atoms with Gasteiger partial charge < -0.3 is 10.6 Å². The third-order valence-corrected chi connectivity index (χ3v) is 3.77. The summed E-state index contributed by atoms with van der Waals surface area (Å²) in [5.74, 6) is -1.81. The average molecular weight is 353 g/mol. The molecule has 2 aromatic carbocycles. The van der Waals surface area contributed by atoms with E-state index in [1.807, 2.05) is 31.2 Å². The number of rotatable bonds is 5. The smallest absolute Gasteiger partial charge is 0.255 e. The van der Waals surface area contributed by atoms with Crippen LogP contribution in [0.4, 0.5) is 20.3 Å². The minimum atomic E-state index is -0.945. The lowest BCUT2D eigenvalue weighted by molar-refractivity contribution is 0.0951. The van der Waals surface area contributed by atoms with Crippen LogP contribution in [0.15, 0.2) is 60.8 Å². The number of nitrogens with zero attached hydrogens (tertiary/aromatic N) is 1. The minimum absolute atomic E-state index is 0.0782. The van der Waals surface area contributed by atoms with E-state index < -0.39 is 11.6 Å². The standard InChI is InChI=1S/C20H17F2N3O/c1-13-4-2-5-15(10-13)25-19-16(6-3-9-23-19)20(26)24-12-14-7-8-17(21)18(22)11-14/h2-11H,12H2,1H3,(H,23,25)(H,24,26). The molecule has 1 aromatic heterocycles. The van der Waals surface area contributed by atoms with Crippen LogP contribution in [0.5, 0.6) is 0 Å². The number of aromatic nitrogens is 1. The molecule has 3 aromatic rings. The van der Waals surface area contributed by atoms with E-state index in [4.69, 9.17) is 0 Å². The summed E-state index contributed by atoms with van der Waals surface area (Å²) in [5, 5.41) is 5.82. The quantitative estimate of drug-likeness (QED) is 0.717. The number of carbonyl (C=O) groups excluding carboxylic acids is 1. The van der Waals surface area contributed by atoms with Crippen molar-refractivity contribution in [1.29, 1.82) is 0 Å². The van der Waals surface area contributed by atoms with Crippen LogP contribution in [-0.2, 0) is 6.54 Å². The van der Waals surface area contributed by atoms with Gasteiger partial charge >= 0.3 is 0 Å². The Kier molecular flexibility index (Phi) is 5.22. The van der Waals surface area contributed by atoms with E-state index in [0.717, 1.165) is 23.4 Å². The summed E-state index contributed by atoms with van der Waals surface area (Å²) in [7, 11) is 0. The molecule has 0 saturated carbocycles. The molecule has 0 aliphatic carbocycles. The van der Waals surface area contributed by atoms with Gasteiger partial charge in [-0.3, -0.25) is 4.79 Å². The first kappa shape index (κ1) is 17.5. The minimum Gasteiger partial charge on any atom is -0.348 e. The van der Waals surface area contributed by atoms with Gasteiger partial charge in [0.05, 0.1) is 5.56 Å². The van der Waals surface area contributed by atoms with E-state index in [1.54, 1.807) is 18.3 Å². The van der Waals surface area contributed by atoms with Crippen LogP contribution < -0.4 is 10.6 Å². The summed E-state index contributed by atoms with van der Waals surface area (Å²) >= 11 is 0. The van der Waals surface area contributed by atoms with Crippen LogP contribution in [0.25, 0.3) is 0 Å². The van der Waals surface area contributed by atoms with Gasteiger partial charge in [-0.2, -0.15) is 0 Å². The number of pyridine rings is 1. The van der Waals surface area contributed by atoms with Gasteiger partial charge in [0.1, 0.15) is 5.82 Å². The van der Waals surface area contributed by atoms with E-state index >= 15 is 0 Å². The molecular weight excluding hydrogens is 336 g/mol. The second kappa shape index (κ2) is 7.74. The van der Waals surface area contributed by atoms with Crippen LogP contribution in [0.2, 0.25) is 0 Å². The molecule has 0 bridgehead atoms. The summed E-state index contributed by atoms with van der Waals surface area (Å²) < 4.78 is 26.2. The lowest BCUT2D eigenvalue weighted by atomic mass is 10.2. The second-order valence-electron chi connectivity index (χ2n) is 5.83. The predicted molar refractivity (Wildman–Crippen MR) is 96.2 cm³/mol. The summed E-state index contributed by atoms with van der Waals surface area (Å²) in [5.41, 5.74) is 2.72. The fourth-order valence-corrected chi connectivity index (χ4v) is 2.47. The van der Waals surface area contributed by atoms with Crippen molar-refractivity contribution >= 4 is 17.4 Å². The first-order valence-corrected chi connectivity index (χ1v) is 8.04. The molecule has 0 aliphatic rings. The molecule has 1 heterocycles. The Balaban J connectivity index is 1.74. The molecule has 0 spiro atoms. The van der Waals surface area contributed by atoms with Gasteiger partial charge in [0, 0.05) is 18.4 Å². The van der Waals surface area contributed by atoms with E-state index in [-0.39, 0.29) is 12.5 Å². The molecule has 132 valence electrons. The van der Waals surface area contributed by atoms with Gasteiger partial charge in [-0.05, 0) is 54.4 Å². The second-order valence-corrected chi connectivity index (χ2v) is 5.83. The fraction of sp³-hybridized carbons (Fsp3) is 0.100. The number of benzene rings is 2. The normalized spacial score (nSPS) is 10.4. The molecule has 0 radical (unpaired) electrons. The molecule has 6 heteroatoms. The lowest BCUT2D eigenvalue weighted by Gasteiger charge is -2.12. The van der Waals surface area contributed by atoms with Crippen LogP contribution in [0.3, 0.4) is 0 Å². The number of amides is 1. The summed E-state index contributed by atoms with van der Waals surface area (Å²) in [6, 6.07) is 14.5. The molecule has 0 saturated heterocycles. The summed E-state index contributed by atoms with van der Waals surface area (Å²) in [6.07, 6.45) is 1.59. The molecule has 4 nitrogen and oxygen atoms in total. The number of carbonyl (C=O) groups is 1. The molecule has 3 rings (SSSR count). The Morgan fingerprint density at radius 3 is 2.65 bits per heavy atom. The topological polar surface area (TPSA) is 54.0 Å². The number of hydrogen-bond donors (Lipinski definition) is 2. The highest BCUT2D eigenvalue weighted by Gasteiger charge is 2.13. The summed E-state index contributed by atoms with van der Waals surface area (Å²) in [4.78, 5) is 16.7. The van der Waals surface area contributed by atoms with E-state index in [1.165, 1.54) is 6.07 Å². The van der Waals surface area contributed by atoms with Gasteiger partial charge in [0.15, 0.2) is 11.6 Å². The fourth-order valence-electron chi connectivity index (χ4n) is 2.47. The Labute approximate surface area is 149 Å². The van der Waals surface area contributed by atoms with Crippen LogP contribution in [-0.4, -0.2) is 10.9 Å². The predicted octanol–water partition coefficient (Wildman–Crippen LogP) is 4.34. The van der Waals surface area contributed by atoms with Crippen LogP contribution in [0.1, 0.15) is 21.5 Å². The molecule has 2 N–H and O–H groups in total. The van der Waals surface area contributed by atoms with Gasteiger partial charge in [-0.15, -0.1) is 0 Å². The first-order chi connectivity index (χ1) is 12.5. The Morgan fingerprint density at radius 1 is 1.04 bits per heavy atom. The SMILES string of the molecule is Cc1cccc(Nc2ncccc2C(=O)NCc2ccc(F)c(F)c2)c1. The van der Waals surface area contributed by atoms with Crippen molar-refractivity contribution in [3.05, 3.63) is 89.1 Å². The highest BCUT2D eigenvalue weighted by Crippen LogP contribution is 2.19. The highest BCUT2D eigenvalue weighted by molar-refractivity contribution is 5.99. The van der Waals surface area contributed by atoms with E-state index in [0.29, 0.717) is 16.9 Å². The number of anilines is 2. The zero-order chi connectivity index (χ0) is 18.5. The maximum Gasteiger partial charge on any atom is 0.255 e. The molecule has 0 aliphatic heterocycles. The third-order valence-electron chi connectivity index (χ3n) is 3.77. The molecule has 1 amide bonds. The number of nitrogens with one attached hydrogen (secondary N) is 2. The molecular formula is C20H17F2N3O. The van der Waals surface area contributed by atoms with Gasteiger partial charge in [0.2, 0.25) is 0 Å².